The van der Waals surface area contributed by atoms with E-state index >= 15 is 0 Å². The van der Waals surface area contributed by atoms with Gasteiger partial charge in [0, 0.05) is 38.0 Å². The molecule has 0 fully saturated rings. The van der Waals surface area contributed by atoms with Gasteiger partial charge < -0.3 is 4.42 Å². The third-order valence-electron chi connectivity index (χ3n) is 9.29. The van der Waals surface area contributed by atoms with E-state index < -0.39 is 0 Å². The second kappa shape index (κ2) is 9.99. The van der Waals surface area contributed by atoms with Gasteiger partial charge in [-0.1, -0.05) is 115 Å². The highest BCUT2D eigenvalue weighted by Gasteiger charge is 2.36. The molecule has 0 saturated heterocycles. The van der Waals surface area contributed by atoms with Crippen molar-refractivity contribution in [3.8, 4) is 34.2 Å². The fraction of sp³-hybridized carbons (Fsp3) is 0.0488. The lowest BCUT2D eigenvalue weighted by Gasteiger charge is -2.25. The maximum absolute atomic E-state index is 6.39. The van der Waals surface area contributed by atoms with Crippen molar-refractivity contribution in [1.82, 2.24) is 15.0 Å². The minimum Gasteiger partial charge on any atom is -0.455 e. The van der Waals surface area contributed by atoms with Gasteiger partial charge in [0.2, 0.25) is 0 Å². The van der Waals surface area contributed by atoms with Gasteiger partial charge in [-0.2, -0.15) is 0 Å². The Morgan fingerprint density at radius 1 is 0.587 bits per heavy atom. The average Bonchev–Trinajstić information content (AvgIpc) is 3.70. The third kappa shape index (κ3) is 3.92. The second-order valence-electron chi connectivity index (χ2n) is 11.9. The van der Waals surface area contributed by atoms with Crippen LogP contribution < -0.4 is 0 Å². The Balaban J connectivity index is 1.16. The number of benzene rings is 6. The second-order valence-corrected chi connectivity index (χ2v) is 13.1. The lowest BCUT2D eigenvalue weighted by molar-refractivity contribution is 0.669. The van der Waals surface area contributed by atoms with Crippen LogP contribution in [0.5, 0.6) is 0 Å². The number of hydrogen-bond donors (Lipinski definition) is 0. The van der Waals surface area contributed by atoms with E-state index in [9.17, 15) is 0 Å². The van der Waals surface area contributed by atoms with Gasteiger partial charge in [0.15, 0.2) is 17.5 Å². The Morgan fingerprint density at radius 3 is 2.30 bits per heavy atom. The van der Waals surface area contributed by atoms with Crippen molar-refractivity contribution >= 4 is 50.5 Å². The molecule has 8 aromatic rings. The van der Waals surface area contributed by atoms with Crippen molar-refractivity contribution in [3.63, 3.8) is 0 Å². The van der Waals surface area contributed by atoms with Crippen LogP contribution in [0.15, 0.2) is 143 Å². The molecular formula is C41H25N3OS. The minimum atomic E-state index is 0.341. The summed E-state index contributed by atoms with van der Waals surface area (Å²) in [6.45, 7) is 0. The number of fused-ring (bicyclic) bond motifs is 10. The molecule has 0 amide bonds. The molecule has 2 aromatic heterocycles. The topological polar surface area (TPSA) is 51.8 Å². The largest absolute Gasteiger partial charge is 0.455 e. The Hall–Kier alpha value is -5.52. The maximum Gasteiger partial charge on any atom is 0.167 e. The lowest BCUT2D eigenvalue weighted by Crippen LogP contribution is -2.14. The zero-order valence-corrected chi connectivity index (χ0v) is 25.4. The van der Waals surface area contributed by atoms with Crippen molar-refractivity contribution in [1.29, 1.82) is 0 Å². The first-order chi connectivity index (χ1) is 22.8. The predicted octanol–water partition coefficient (Wildman–Crippen LogP) is 10.6. The molecule has 1 aliphatic carbocycles. The van der Waals surface area contributed by atoms with Crippen LogP contribution in [0, 0.1) is 0 Å². The predicted molar refractivity (Wildman–Crippen MR) is 188 cm³/mol. The number of nitrogens with zero attached hydrogens (tertiary/aromatic N) is 3. The molecule has 0 N–H and O–H groups in total. The lowest BCUT2D eigenvalue weighted by atomic mass is 9.79. The number of aromatic nitrogens is 3. The van der Waals surface area contributed by atoms with Crippen LogP contribution in [0.2, 0.25) is 0 Å². The molecule has 0 spiro atoms. The van der Waals surface area contributed by atoms with Crippen LogP contribution >= 0.6 is 11.8 Å². The Bertz CT molecular complexity index is 2530. The standard InChI is InChI=1S/C41H25N3OS/c1-2-9-25(10-3-1)39-42-40(44-41(43-39)32-14-8-13-30-29-11-4-6-15-33(29)45-38(30)32)27-19-21-28-26(23-27)18-17-24-20-22-35-37(36(24)28)31-12-5-7-16-34(31)46-35/h1-23,35,37H. The first kappa shape index (κ1) is 25.8. The molecule has 3 heterocycles. The van der Waals surface area contributed by atoms with Crippen LogP contribution in [0.1, 0.15) is 22.6 Å². The van der Waals surface area contributed by atoms with Crippen LogP contribution in [-0.2, 0) is 0 Å². The molecule has 5 heteroatoms. The molecule has 2 unspecified atom stereocenters. The van der Waals surface area contributed by atoms with E-state index in [0.717, 1.165) is 38.6 Å². The molecule has 0 radical (unpaired) electrons. The van der Waals surface area contributed by atoms with Crippen LogP contribution in [0.4, 0.5) is 0 Å². The number of para-hydroxylation sites is 2. The molecule has 0 saturated carbocycles. The normalized spacial score (nSPS) is 16.5. The third-order valence-corrected chi connectivity index (χ3v) is 10.6. The summed E-state index contributed by atoms with van der Waals surface area (Å²) in [6, 6.07) is 44.4. The van der Waals surface area contributed by atoms with E-state index in [1.54, 1.807) is 0 Å². The van der Waals surface area contributed by atoms with Crippen molar-refractivity contribution in [2.75, 3.05) is 0 Å². The molecule has 6 aromatic carbocycles. The summed E-state index contributed by atoms with van der Waals surface area (Å²) in [5, 5.41) is 5.00. The Kier molecular flexibility index (Phi) is 5.60. The van der Waals surface area contributed by atoms with E-state index in [4.69, 9.17) is 19.4 Å². The molecule has 2 atom stereocenters. The maximum atomic E-state index is 6.39. The monoisotopic (exact) mass is 607 g/mol. The van der Waals surface area contributed by atoms with Crippen LogP contribution in [0.25, 0.3) is 73.0 Å². The van der Waals surface area contributed by atoms with Crippen molar-refractivity contribution in [3.05, 3.63) is 150 Å². The van der Waals surface area contributed by atoms with E-state index in [1.807, 2.05) is 72.4 Å². The molecule has 0 bridgehead atoms. The van der Waals surface area contributed by atoms with Gasteiger partial charge in [-0.05, 0) is 51.7 Å². The molecule has 10 rings (SSSR count). The molecule has 4 nitrogen and oxygen atoms in total. The fourth-order valence-corrected chi connectivity index (χ4v) is 8.53. The van der Waals surface area contributed by atoms with Gasteiger partial charge in [-0.15, -0.1) is 11.8 Å². The molecular weight excluding hydrogens is 583 g/mol. The van der Waals surface area contributed by atoms with Gasteiger partial charge >= 0.3 is 0 Å². The van der Waals surface area contributed by atoms with Crippen molar-refractivity contribution in [2.24, 2.45) is 0 Å². The van der Waals surface area contributed by atoms with E-state index in [-0.39, 0.29) is 0 Å². The summed E-state index contributed by atoms with van der Waals surface area (Å²) in [5.74, 6) is 2.20. The van der Waals surface area contributed by atoms with Gasteiger partial charge in [0.1, 0.15) is 11.2 Å². The number of thioether (sulfide) groups is 1. The number of rotatable bonds is 3. The van der Waals surface area contributed by atoms with Gasteiger partial charge in [0.05, 0.1) is 5.56 Å². The Morgan fingerprint density at radius 2 is 1.37 bits per heavy atom. The molecule has 46 heavy (non-hydrogen) atoms. The zero-order chi connectivity index (χ0) is 30.2. The molecule has 1 aliphatic heterocycles. The highest BCUT2D eigenvalue weighted by Crippen LogP contribution is 2.53. The summed E-state index contributed by atoms with van der Waals surface area (Å²) in [4.78, 5) is 16.5. The molecule has 216 valence electrons. The first-order valence-electron chi connectivity index (χ1n) is 15.5. The highest BCUT2D eigenvalue weighted by atomic mass is 32.2. The van der Waals surface area contributed by atoms with Crippen molar-refractivity contribution < 1.29 is 4.42 Å². The van der Waals surface area contributed by atoms with Gasteiger partial charge in [-0.25, -0.2) is 15.0 Å². The van der Waals surface area contributed by atoms with Crippen molar-refractivity contribution in [2.45, 2.75) is 16.1 Å². The summed E-state index contributed by atoms with van der Waals surface area (Å²) in [7, 11) is 0. The fourth-order valence-electron chi connectivity index (χ4n) is 7.17. The van der Waals surface area contributed by atoms with Gasteiger partial charge in [-0.3, -0.25) is 0 Å². The van der Waals surface area contributed by atoms with Gasteiger partial charge in [0.25, 0.3) is 0 Å². The first-order valence-corrected chi connectivity index (χ1v) is 16.4. The SMILES string of the molecule is C1=CC2Sc3ccccc3C2c2c1ccc1cc(-c3nc(-c4ccccc4)nc(-c4cccc5c4oc4ccccc45)n3)ccc21. The van der Waals surface area contributed by atoms with E-state index in [2.05, 4.69) is 78.9 Å². The van der Waals surface area contributed by atoms with E-state index in [1.165, 1.54) is 32.4 Å². The van der Waals surface area contributed by atoms with Crippen LogP contribution in [0.3, 0.4) is 0 Å². The number of hydrogen-bond acceptors (Lipinski definition) is 5. The molecule has 2 aliphatic rings. The average molecular weight is 608 g/mol. The summed E-state index contributed by atoms with van der Waals surface area (Å²) >= 11 is 1.97. The summed E-state index contributed by atoms with van der Waals surface area (Å²) < 4.78 is 6.39. The summed E-state index contributed by atoms with van der Waals surface area (Å²) in [5.41, 5.74) is 8.50. The van der Waals surface area contributed by atoms with E-state index in [0.29, 0.717) is 28.6 Å². The quantitative estimate of drug-likeness (QED) is 0.200. The highest BCUT2D eigenvalue weighted by molar-refractivity contribution is 8.00. The summed E-state index contributed by atoms with van der Waals surface area (Å²) in [6.07, 6.45) is 4.67. The zero-order valence-electron chi connectivity index (χ0n) is 24.6. The van der Waals surface area contributed by atoms with Crippen LogP contribution in [-0.4, -0.2) is 20.2 Å². The Labute approximate surface area is 269 Å². The number of furan rings is 1. The smallest absolute Gasteiger partial charge is 0.167 e. The minimum absolute atomic E-state index is 0.341.